The molecule has 0 atom stereocenters. The number of anilines is 1. The molecule has 11 heteroatoms. The molecule has 2 aromatic carbocycles. The number of benzene rings is 2. The SMILES string of the molecule is COc1ccc(-c2ncc3c(SCC(=O)Nc4ccccc4C(F)(F)F)ncnc3n2)cc1. The van der Waals surface area contributed by atoms with Gasteiger partial charge in [0.15, 0.2) is 11.5 Å². The molecule has 0 radical (unpaired) electrons. The van der Waals surface area contributed by atoms with Crippen LogP contribution < -0.4 is 10.1 Å². The van der Waals surface area contributed by atoms with Crippen LogP contribution in [0.4, 0.5) is 18.9 Å². The summed E-state index contributed by atoms with van der Waals surface area (Å²) in [5.41, 5.74) is -0.0460. The van der Waals surface area contributed by atoms with Crippen LogP contribution in [0.25, 0.3) is 22.4 Å². The van der Waals surface area contributed by atoms with Crippen LogP contribution in [-0.4, -0.2) is 38.7 Å². The van der Waals surface area contributed by atoms with Gasteiger partial charge in [0.2, 0.25) is 5.91 Å². The number of nitrogens with zero attached hydrogens (tertiary/aromatic N) is 4. The lowest BCUT2D eigenvalue weighted by atomic mass is 10.1. The van der Waals surface area contributed by atoms with Gasteiger partial charge in [0.1, 0.15) is 17.1 Å². The number of methoxy groups -OCH3 is 1. The Morgan fingerprint density at radius 3 is 2.55 bits per heavy atom. The van der Waals surface area contributed by atoms with Crippen molar-refractivity contribution in [3.05, 3.63) is 66.6 Å². The Labute approximate surface area is 190 Å². The number of halogens is 3. The van der Waals surface area contributed by atoms with E-state index in [1.165, 1.54) is 24.5 Å². The first kappa shape index (κ1) is 22.5. The number of hydrogen-bond donors (Lipinski definition) is 1. The Balaban J connectivity index is 1.50. The first-order valence-electron chi connectivity index (χ1n) is 9.56. The van der Waals surface area contributed by atoms with E-state index in [1.54, 1.807) is 25.4 Å². The molecule has 1 N–H and O–H groups in total. The molecule has 0 fully saturated rings. The van der Waals surface area contributed by atoms with Crippen molar-refractivity contribution >= 4 is 34.4 Å². The van der Waals surface area contributed by atoms with Crippen molar-refractivity contribution in [2.75, 3.05) is 18.2 Å². The van der Waals surface area contributed by atoms with Crippen LogP contribution in [0.15, 0.2) is 66.1 Å². The number of rotatable bonds is 6. The zero-order valence-corrected chi connectivity index (χ0v) is 17.9. The summed E-state index contributed by atoms with van der Waals surface area (Å²) < 4.78 is 44.5. The molecule has 0 saturated heterocycles. The van der Waals surface area contributed by atoms with Gasteiger partial charge in [0, 0.05) is 11.8 Å². The van der Waals surface area contributed by atoms with Crippen LogP contribution in [0.5, 0.6) is 5.75 Å². The second-order valence-corrected chi connectivity index (χ2v) is 7.68. The smallest absolute Gasteiger partial charge is 0.418 e. The van der Waals surface area contributed by atoms with E-state index < -0.39 is 17.6 Å². The van der Waals surface area contributed by atoms with Gasteiger partial charge in [-0.05, 0) is 36.4 Å². The van der Waals surface area contributed by atoms with Crippen LogP contribution in [0, 0.1) is 0 Å². The van der Waals surface area contributed by atoms with Crippen LogP contribution in [0.2, 0.25) is 0 Å². The minimum Gasteiger partial charge on any atom is -0.497 e. The summed E-state index contributed by atoms with van der Waals surface area (Å²) in [6, 6.07) is 12.0. The number of ether oxygens (including phenoxy) is 1. The summed E-state index contributed by atoms with van der Waals surface area (Å²) in [5.74, 6) is 0.413. The molecule has 0 aliphatic carbocycles. The molecule has 4 aromatic rings. The molecule has 0 saturated carbocycles. The number of thioether (sulfide) groups is 1. The van der Waals surface area contributed by atoms with Gasteiger partial charge in [-0.2, -0.15) is 13.2 Å². The van der Waals surface area contributed by atoms with Gasteiger partial charge in [0.25, 0.3) is 0 Å². The second kappa shape index (κ2) is 9.41. The number of carbonyl (C=O) groups excluding carboxylic acids is 1. The predicted molar refractivity (Wildman–Crippen MR) is 118 cm³/mol. The second-order valence-electron chi connectivity index (χ2n) is 6.72. The van der Waals surface area contributed by atoms with E-state index in [0.29, 0.717) is 27.6 Å². The van der Waals surface area contributed by atoms with Gasteiger partial charge in [-0.3, -0.25) is 4.79 Å². The predicted octanol–water partition coefficient (Wildman–Crippen LogP) is 4.85. The molecule has 1 amide bonds. The Morgan fingerprint density at radius 2 is 1.82 bits per heavy atom. The van der Waals surface area contributed by atoms with E-state index in [0.717, 1.165) is 23.4 Å². The lowest BCUT2D eigenvalue weighted by Crippen LogP contribution is -2.18. The highest BCUT2D eigenvalue weighted by Crippen LogP contribution is 2.34. The molecule has 0 unspecified atom stereocenters. The topological polar surface area (TPSA) is 89.9 Å². The highest BCUT2D eigenvalue weighted by Gasteiger charge is 2.33. The molecule has 7 nitrogen and oxygen atoms in total. The molecule has 4 rings (SSSR count). The van der Waals surface area contributed by atoms with Gasteiger partial charge >= 0.3 is 6.18 Å². The van der Waals surface area contributed by atoms with Crippen molar-refractivity contribution in [1.82, 2.24) is 19.9 Å². The molecule has 0 aliphatic rings. The van der Waals surface area contributed by atoms with Crippen molar-refractivity contribution in [3.8, 4) is 17.1 Å². The maximum absolute atomic E-state index is 13.1. The number of hydrogen-bond acceptors (Lipinski definition) is 7. The zero-order valence-electron chi connectivity index (χ0n) is 17.1. The van der Waals surface area contributed by atoms with E-state index in [9.17, 15) is 18.0 Å². The number of carbonyl (C=O) groups is 1. The summed E-state index contributed by atoms with van der Waals surface area (Å²) in [6.07, 6.45) is -1.70. The van der Waals surface area contributed by atoms with Gasteiger partial charge in [-0.25, -0.2) is 19.9 Å². The van der Waals surface area contributed by atoms with Crippen LogP contribution in [-0.2, 0) is 11.0 Å². The number of alkyl halides is 3. The third kappa shape index (κ3) is 5.20. The quantitative estimate of drug-likeness (QED) is 0.318. The first-order chi connectivity index (χ1) is 15.8. The Hall–Kier alpha value is -3.73. The molecule has 0 aliphatic heterocycles. The van der Waals surface area contributed by atoms with Gasteiger partial charge < -0.3 is 10.1 Å². The van der Waals surface area contributed by atoms with Crippen molar-refractivity contribution in [3.63, 3.8) is 0 Å². The largest absolute Gasteiger partial charge is 0.497 e. The Kier molecular flexibility index (Phi) is 6.40. The first-order valence-corrected chi connectivity index (χ1v) is 10.5. The lowest BCUT2D eigenvalue weighted by molar-refractivity contribution is -0.137. The Morgan fingerprint density at radius 1 is 1.06 bits per heavy atom. The standard InChI is InChI=1S/C22H16F3N5O2S/c1-32-14-8-6-13(7-9-14)19-26-10-15-20(30-19)27-12-28-21(15)33-11-18(31)29-17-5-3-2-4-16(17)22(23,24)25/h2-10,12H,11H2,1H3,(H,29,31). The molecule has 2 aromatic heterocycles. The van der Waals surface area contributed by atoms with Gasteiger partial charge in [-0.1, -0.05) is 23.9 Å². The summed E-state index contributed by atoms with van der Waals surface area (Å²) in [4.78, 5) is 29.4. The number of fused-ring (bicyclic) bond motifs is 1. The van der Waals surface area contributed by atoms with E-state index in [1.807, 2.05) is 12.1 Å². The fraction of sp³-hybridized carbons (Fsp3) is 0.136. The van der Waals surface area contributed by atoms with Crippen LogP contribution in [0.1, 0.15) is 5.56 Å². The van der Waals surface area contributed by atoms with Crippen molar-refractivity contribution in [2.45, 2.75) is 11.2 Å². The fourth-order valence-electron chi connectivity index (χ4n) is 2.98. The summed E-state index contributed by atoms with van der Waals surface area (Å²) in [7, 11) is 1.58. The highest BCUT2D eigenvalue weighted by molar-refractivity contribution is 8.00. The average molecular weight is 471 g/mol. The molecule has 2 heterocycles. The van der Waals surface area contributed by atoms with Crippen molar-refractivity contribution in [2.24, 2.45) is 0 Å². The summed E-state index contributed by atoms with van der Waals surface area (Å²) >= 11 is 1.06. The third-order valence-electron chi connectivity index (χ3n) is 4.55. The van der Waals surface area contributed by atoms with Crippen LogP contribution >= 0.6 is 11.8 Å². The fourth-order valence-corrected chi connectivity index (χ4v) is 3.74. The molecule has 0 spiro atoms. The summed E-state index contributed by atoms with van der Waals surface area (Å²) in [6.45, 7) is 0. The highest BCUT2D eigenvalue weighted by atomic mass is 32.2. The van der Waals surface area contributed by atoms with E-state index in [4.69, 9.17) is 4.74 Å². The minimum absolute atomic E-state index is 0.154. The molecule has 168 valence electrons. The molecular formula is C22H16F3N5O2S. The minimum atomic E-state index is -4.57. The number of aromatic nitrogens is 4. The zero-order chi connectivity index (χ0) is 23.4. The molecule has 33 heavy (non-hydrogen) atoms. The summed E-state index contributed by atoms with van der Waals surface area (Å²) in [5, 5.41) is 3.29. The van der Waals surface area contributed by atoms with Crippen molar-refractivity contribution < 1.29 is 22.7 Å². The average Bonchev–Trinajstić information content (AvgIpc) is 2.82. The third-order valence-corrected chi connectivity index (χ3v) is 5.55. The number of para-hydroxylation sites is 1. The Bertz CT molecular complexity index is 1300. The van der Waals surface area contributed by atoms with Gasteiger partial charge in [-0.15, -0.1) is 0 Å². The maximum Gasteiger partial charge on any atom is 0.418 e. The van der Waals surface area contributed by atoms with Gasteiger partial charge in [0.05, 0.1) is 29.5 Å². The lowest BCUT2D eigenvalue weighted by Gasteiger charge is -2.13. The van der Waals surface area contributed by atoms with Crippen LogP contribution in [0.3, 0.4) is 0 Å². The van der Waals surface area contributed by atoms with E-state index in [-0.39, 0.29) is 11.4 Å². The van der Waals surface area contributed by atoms with Crippen molar-refractivity contribution in [1.29, 1.82) is 0 Å². The number of amides is 1. The normalized spacial score (nSPS) is 11.4. The maximum atomic E-state index is 13.1. The molecular weight excluding hydrogens is 455 g/mol. The number of nitrogens with one attached hydrogen (secondary N) is 1. The van der Waals surface area contributed by atoms with E-state index in [2.05, 4.69) is 25.3 Å². The van der Waals surface area contributed by atoms with E-state index >= 15 is 0 Å². The molecule has 0 bridgehead atoms. The monoisotopic (exact) mass is 471 g/mol.